The molecule has 4 heteroatoms. The first-order chi connectivity index (χ1) is 6.75. The monoisotopic (exact) mass is 232 g/mol. The van der Waals surface area contributed by atoms with Crippen LogP contribution in [-0.4, -0.2) is 18.3 Å². The van der Waals surface area contributed by atoms with Crippen molar-refractivity contribution in [3.63, 3.8) is 0 Å². The third-order valence-electron chi connectivity index (χ3n) is 1.52. The minimum absolute atomic E-state index is 0.00659. The van der Waals surface area contributed by atoms with Gasteiger partial charge in [0.25, 0.3) is 0 Å². The lowest BCUT2D eigenvalue weighted by Gasteiger charge is -2.05. The maximum Gasteiger partial charge on any atom is 0.139 e. The minimum atomic E-state index is 0.00659. The van der Waals surface area contributed by atoms with Crippen molar-refractivity contribution in [3.05, 3.63) is 40.4 Å². The lowest BCUT2D eigenvalue weighted by Crippen LogP contribution is -1.94. The van der Waals surface area contributed by atoms with E-state index in [1.165, 1.54) is 0 Å². The van der Waals surface area contributed by atoms with Crippen LogP contribution in [0.15, 0.2) is 30.4 Å². The summed E-state index contributed by atoms with van der Waals surface area (Å²) in [5, 5.41) is 9.35. The molecule has 1 aromatic rings. The molecule has 0 radical (unpaired) electrons. The van der Waals surface area contributed by atoms with Gasteiger partial charge in [0.1, 0.15) is 17.4 Å². The molecule has 0 aliphatic rings. The summed E-state index contributed by atoms with van der Waals surface area (Å²) in [6.07, 6.45) is 3.30. The quantitative estimate of drug-likeness (QED) is 0.810. The molecule has 0 spiro atoms. The second-order valence-corrected chi connectivity index (χ2v) is 3.30. The average molecular weight is 233 g/mol. The molecule has 14 heavy (non-hydrogen) atoms. The lowest BCUT2D eigenvalue weighted by molar-refractivity contribution is 0.336. The number of benzene rings is 1. The van der Waals surface area contributed by atoms with Gasteiger partial charge in [-0.15, -0.1) is 0 Å². The molecule has 0 aliphatic carbocycles. The van der Waals surface area contributed by atoms with Gasteiger partial charge in [-0.2, -0.15) is 0 Å². The maximum atomic E-state index is 8.47. The fraction of sp³-hybridized carbons (Fsp3) is 0.200. The number of halogens is 2. The standard InChI is InChI=1S/C10H10Cl2O2/c11-8-4-3-5-9(10(8)12)14-7-2-1-6-13/h1-5,13H,6-7H2/b2-1+. The number of rotatable bonds is 4. The Morgan fingerprint density at radius 1 is 1.29 bits per heavy atom. The SMILES string of the molecule is OC/C=C/COc1cccc(Cl)c1Cl. The Morgan fingerprint density at radius 3 is 2.79 bits per heavy atom. The Morgan fingerprint density at radius 2 is 2.07 bits per heavy atom. The van der Waals surface area contributed by atoms with Crippen molar-refractivity contribution >= 4 is 23.2 Å². The predicted octanol–water partition coefficient (Wildman–Crippen LogP) is 2.92. The predicted molar refractivity (Wildman–Crippen MR) is 58.2 cm³/mol. The largest absolute Gasteiger partial charge is 0.488 e. The molecule has 76 valence electrons. The van der Waals surface area contributed by atoms with Crippen molar-refractivity contribution in [1.29, 1.82) is 0 Å². The number of hydrogen-bond donors (Lipinski definition) is 1. The van der Waals surface area contributed by atoms with Crippen molar-refractivity contribution in [2.45, 2.75) is 0 Å². The topological polar surface area (TPSA) is 29.5 Å². The molecule has 1 aromatic carbocycles. The second kappa shape index (κ2) is 5.91. The molecule has 0 aromatic heterocycles. The first kappa shape index (κ1) is 11.4. The average Bonchev–Trinajstić information content (AvgIpc) is 2.19. The number of hydrogen-bond acceptors (Lipinski definition) is 2. The fourth-order valence-corrected chi connectivity index (χ4v) is 1.22. The molecular weight excluding hydrogens is 223 g/mol. The summed E-state index contributed by atoms with van der Waals surface area (Å²) in [5.41, 5.74) is 0. The molecule has 1 N–H and O–H groups in total. The van der Waals surface area contributed by atoms with Crippen LogP contribution in [0.4, 0.5) is 0 Å². The Bertz CT molecular complexity index is 324. The zero-order valence-corrected chi connectivity index (χ0v) is 8.92. The van der Waals surface area contributed by atoms with Gasteiger partial charge in [0.15, 0.2) is 0 Å². The molecular formula is C10H10Cl2O2. The van der Waals surface area contributed by atoms with Crippen LogP contribution in [0.5, 0.6) is 5.75 Å². The van der Waals surface area contributed by atoms with E-state index in [1.54, 1.807) is 30.4 Å². The van der Waals surface area contributed by atoms with E-state index in [2.05, 4.69) is 0 Å². The molecule has 0 heterocycles. The van der Waals surface area contributed by atoms with Crippen molar-refractivity contribution in [2.24, 2.45) is 0 Å². The first-order valence-corrected chi connectivity index (χ1v) is 4.84. The van der Waals surface area contributed by atoms with Crippen LogP contribution in [0, 0.1) is 0 Å². The highest BCUT2D eigenvalue weighted by molar-refractivity contribution is 6.42. The molecule has 2 nitrogen and oxygen atoms in total. The first-order valence-electron chi connectivity index (χ1n) is 4.08. The van der Waals surface area contributed by atoms with Crippen LogP contribution in [0.3, 0.4) is 0 Å². The van der Waals surface area contributed by atoms with Gasteiger partial charge in [-0.1, -0.05) is 35.3 Å². The van der Waals surface area contributed by atoms with E-state index in [0.29, 0.717) is 22.4 Å². The molecule has 0 saturated heterocycles. The summed E-state index contributed by atoms with van der Waals surface area (Å²) in [6.45, 7) is 0.368. The van der Waals surface area contributed by atoms with Crippen LogP contribution in [0.2, 0.25) is 10.0 Å². The molecule has 0 aliphatic heterocycles. The third-order valence-corrected chi connectivity index (χ3v) is 2.32. The zero-order chi connectivity index (χ0) is 10.4. The van der Waals surface area contributed by atoms with Crippen LogP contribution in [0.25, 0.3) is 0 Å². The van der Waals surface area contributed by atoms with E-state index < -0.39 is 0 Å². The number of aliphatic hydroxyl groups excluding tert-OH is 1. The molecule has 0 fully saturated rings. The smallest absolute Gasteiger partial charge is 0.139 e. The number of ether oxygens (including phenoxy) is 1. The van der Waals surface area contributed by atoms with Crippen molar-refractivity contribution in [3.8, 4) is 5.75 Å². The molecule has 0 atom stereocenters. The van der Waals surface area contributed by atoms with E-state index in [0.717, 1.165) is 0 Å². The van der Waals surface area contributed by atoms with Crippen molar-refractivity contribution in [1.82, 2.24) is 0 Å². The zero-order valence-electron chi connectivity index (χ0n) is 7.41. The maximum absolute atomic E-state index is 8.47. The summed E-state index contributed by atoms with van der Waals surface area (Å²) >= 11 is 11.7. The third kappa shape index (κ3) is 3.22. The minimum Gasteiger partial charge on any atom is -0.488 e. The number of aliphatic hydroxyl groups is 1. The Hall–Kier alpha value is -0.700. The van der Waals surface area contributed by atoms with Crippen molar-refractivity contribution in [2.75, 3.05) is 13.2 Å². The highest BCUT2D eigenvalue weighted by atomic mass is 35.5. The fourth-order valence-electron chi connectivity index (χ4n) is 0.876. The van der Waals surface area contributed by atoms with Gasteiger partial charge in [0.2, 0.25) is 0 Å². The van der Waals surface area contributed by atoms with Gasteiger partial charge in [-0.25, -0.2) is 0 Å². The lowest BCUT2D eigenvalue weighted by atomic mass is 10.3. The van der Waals surface area contributed by atoms with Crippen LogP contribution in [0.1, 0.15) is 0 Å². The van der Waals surface area contributed by atoms with Gasteiger partial charge in [-0.05, 0) is 18.2 Å². The molecule has 0 bridgehead atoms. The van der Waals surface area contributed by atoms with Crippen LogP contribution in [-0.2, 0) is 0 Å². The normalized spacial score (nSPS) is 10.8. The van der Waals surface area contributed by atoms with Gasteiger partial charge >= 0.3 is 0 Å². The molecule has 0 saturated carbocycles. The highest BCUT2D eigenvalue weighted by Gasteiger charge is 2.03. The summed E-state index contributed by atoms with van der Waals surface area (Å²) < 4.78 is 5.31. The Kier molecular flexibility index (Phi) is 4.80. The summed E-state index contributed by atoms with van der Waals surface area (Å²) in [5.74, 6) is 0.543. The molecule has 0 amide bonds. The summed E-state index contributed by atoms with van der Waals surface area (Å²) in [7, 11) is 0. The Labute approximate surface area is 92.7 Å². The van der Waals surface area contributed by atoms with Gasteiger partial charge in [0.05, 0.1) is 11.6 Å². The second-order valence-electron chi connectivity index (χ2n) is 2.52. The summed E-state index contributed by atoms with van der Waals surface area (Å²) in [4.78, 5) is 0. The van der Waals surface area contributed by atoms with Gasteiger partial charge in [0, 0.05) is 0 Å². The van der Waals surface area contributed by atoms with E-state index >= 15 is 0 Å². The van der Waals surface area contributed by atoms with Crippen LogP contribution < -0.4 is 4.74 Å². The Balaban J connectivity index is 2.59. The van der Waals surface area contributed by atoms with E-state index in [1.807, 2.05) is 0 Å². The van der Waals surface area contributed by atoms with Crippen molar-refractivity contribution < 1.29 is 9.84 Å². The van der Waals surface area contributed by atoms with Gasteiger partial charge < -0.3 is 9.84 Å². The van der Waals surface area contributed by atoms with Gasteiger partial charge in [-0.3, -0.25) is 0 Å². The summed E-state index contributed by atoms with van der Waals surface area (Å²) in [6, 6.07) is 5.20. The highest BCUT2D eigenvalue weighted by Crippen LogP contribution is 2.31. The molecule has 0 unspecified atom stereocenters. The van der Waals surface area contributed by atoms with E-state index in [4.69, 9.17) is 33.0 Å². The molecule has 1 rings (SSSR count). The van der Waals surface area contributed by atoms with E-state index in [-0.39, 0.29) is 6.61 Å². The van der Waals surface area contributed by atoms with E-state index in [9.17, 15) is 0 Å². The van der Waals surface area contributed by atoms with Crippen LogP contribution >= 0.6 is 23.2 Å².